The van der Waals surface area contributed by atoms with Gasteiger partial charge < -0.3 is 4.74 Å². The van der Waals surface area contributed by atoms with E-state index < -0.39 is 6.10 Å². The number of nitrogens with zero attached hydrogens (tertiary/aromatic N) is 2. The average molecular weight is 300 g/mol. The molecule has 1 heterocycles. The second-order valence-corrected chi connectivity index (χ2v) is 6.11. The summed E-state index contributed by atoms with van der Waals surface area (Å²) in [6.45, 7) is 11.9. The summed E-state index contributed by atoms with van der Waals surface area (Å²) in [7, 11) is 0. The van der Waals surface area contributed by atoms with Crippen molar-refractivity contribution in [2.75, 3.05) is 0 Å². The number of hydrogen-bond acceptors (Lipinski definition) is 3. The molecule has 1 aromatic carbocycles. The van der Waals surface area contributed by atoms with Gasteiger partial charge >= 0.3 is 0 Å². The second-order valence-electron chi connectivity index (χ2n) is 6.11. The lowest BCUT2D eigenvalue weighted by Crippen LogP contribution is -2.30. The average Bonchev–Trinajstić information content (AvgIpc) is 2.76. The van der Waals surface area contributed by atoms with Crippen molar-refractivity contribution >= 4 is 5.91 Å². The largest absolute Gasteiger partial charge is 0.481 e. The van der Waals surface area contributed by atoms with E-state index in [1.54, 1.807) is 6.92 Å². The molecule has 0 aliphatic carbocycles. The van der Waals surface area contributed by atoms with Crippen molar-refractivity contribution in [2.45, 2.75) is 53.6 Å². The first kappa shape index (κ1) is 16.3. The van der Waals surface area contributed by atoms with Gasteiger partial charge in [0.15, 0.2) is 6.10 Å². The second kappa shape index (κ2) is 6.34. The highest BCUT2D eigenvalue weighted by Crippen LogP contribution is 2.24. The Labute approximate surface area is 132 Å². The number of carbonyl (C=O) groups excluding carboxylic acids is 1. The molecule has 0 bridgehead atoms. The Balaban J connectivity index is 2.15. The van der Waals surface area contributed by atoms with Crippen LogP contribution in [0.25, 0.3) is 0 Å². The van der Waals surface area contributed by atoms with Gasteiger partial charge in [0.1, 0.15) is 5.75 Å². The Morgan fingerprint density at radius 3 is 2.32 bits per heavy atom. The van der Waals surface area contributed by atoms with E-state index in [1.807, 2.05) is 32.0 Å². The Bertz CT molecular complexity index is 686. The molecule has 1 unspecified atom stereocenters. The summed E-state index contributed by atoms with van der Waals surface area (Å²) in [5.41, 5.74) is 4.13. The molecule has 0 aliphatic rings. The summed E-state index contributed by atoms with van der Waals surface area (Å²) in [5.74, 6) is 1.03. The summed E-state index contributed by atoms with van der Waals surface area (Å²) in [5, 5.41) is 4.21. The molecule has 2 aromatic rings. The monoisotopic (exact) mass is 300 g/mol. The van der Waals surface area contributed by atoms with Crippen LogP contribution in [0.15, 0.2) is 24.3 Å². The molecule has 118 valence electrons. The maximum atomic E-state index is 12.4. The van der Waals surface area contributed by atoms with Crippen LogP contribution in [0.5, 0.6) is 5.75 Å². The number of hydrogen-bond donors (Lipinski definition) is 0. The van der Waals surface area contributed by atoms with Crippen LogP contribution in [0.2, 0.25) is 0 Å². The van der Waals surface area contributed by atoms with Gasteiger partial charge in [-0.1, -0.05) is 19.9 Å². The van der Waals surface area contributed by atoms with Gasteiger partial charge in [-0.3, -0.25) is 4.79 Å². The van der Waals surface area contributed by atoms with E-state index in [2.05, 4.69) is 31.9 Å². The van der Waals surface area contributed by atoms with Crippen LogP contribution in [0.4, 0.5) is 0 Å². The van der Waals surface area contributed by atoms with Crippen molar-refractivity contribution in [1.82, 2.24) is 9.78 Å². The minimum Gasteiger partial charge on any atom is -0.481 e. The Morgan fingerprint density at radius 1 is 1.14 bits per heavy atom. The zero-order valence-corrected chi connectivity index (χ0v) is 14.2. The van der Waals surface area contributed by atoms with Crippen LogP contribution in [0.3, 0.4) is 0 Å². The predicted molar refractivity (Wildman–Crippen MR) is 87.7 cm³/mol. The molecule has 0 spiro atoms. The standard InChI is InChI=1S/C18H24N2O2/c1-11(2)17-8-7-16(9-12(17)3)22-15(6)18(21)20-14(5)10-13(4)19-20/h7-11,15H,1-6H3. The summed E-state index contributed by atoms with van der Waals surface area (Å²) in [6, 6.07) is 7.86. The first-order valence-electron chi connectivity index (χ1n) is 7.64. The smallest absolute Gasteiger partial charge is 0.287 e. The molecule has 1 aromatic heterocycles. The van der Waals surface area contributed by atoms with Crippen LogP contribution >= 0.6 is 0 Å². The zero-order valence-electron chi connectivity index (χ0n) is 14.2. The van der Waals surface area contributed by atoms with Gasteiger partial charge in [0.2, 0.25) is 0 Å². The highest BCUT2D eigenvalue weighted by atomic mass is 16.5. The topological polar surface area (TPSA) is 44.1 Å². The minimum atomic E-state index is -0.581. The number of aryl methyl sites for hydroxylation is 3. The van der Waals surface area contributed by atoms with Gasteiger partial charge in [0.25, 0.3) is 5.91 Å². The number of aromatic nitrogens is 2. The molecule has 4 heteroatoms. The summed E-state index contributed by atoms with van der Waals surface area (Å²) in [6.07, 6.45) is -0.581. The van der Waals surface area contributed by atoms with Gasteiger partial charge in [0, 0.05) is 5.69 Å². The Hall–Kier alpha value is -2.10. The molecule has 22 heavy (non-hydrogen) atoms. The van der Waals surface area contributed by atoms with Crippen LogP contribution in [-0.2, 0) is 0 Å². The molecular formula is C18H24N2O2. The lowest BCUT2D eigenvalue weighted by atomic mass is 9.98. The molecule has 0 N–H and O–H groups in total. The molecule has 0 radical (unpaired) electrons. The van der Waals surface area contributed by atoms with Crippen LogP contribution in [0, 0.1) is 20.8 Å². The van der Waals surface area contributed by atoms with E-state index in [-0.39, 0.29) is 5.91 Å². The van der Waals surface area contributed by atoms with E-state index in [9.17, 15) is 4.79 Å². The van der Waals surface area contributed by atoms with Crippen LogP contribution < -0.4 is 4.74 Å². The van der Waals surface area contributed by atoms with Crippen molar-refractivity contribution in [3.8, 4) is 5.75 Å². The van der Waals surface area contributed by atoms with Gasteiger partial charge in [-0.2, -0.15) is 5.10 Å². The SMILES string of the molecule is Cc1cc(C)n(C(=O)C(C)Oc2ccc(C(C)C)c(C)c2)n1. The van der Waals surface area contributed by atoms with Crippen molar-refractivity contribution in [3.05, 3.63) is 46.8 Å². The molecule has 2 rings (SSSR count). The summed E-state index contributed by atoms with van der Waals surface area (Å²) in [4.78, 5) is 12.4. The van der Waals surface area contributed by atoms with Crippen molar-refractivity contribution in [1.29, 1.82) is 0 Å². The molecule has 1 atom stereocenters. The number of rotatable bonds is 4. The fourth-order valence-corrected chi connectivity index (χ4v) is 2.65. The maximum Gasteiger partial charge on any atom is 0.287 e. The van der Waals surface area contributed by atoms with E-state index in [0.29, 0.717) is 11.7 Å². The normalized spacial score (nSPS) is 12.5. The predicted octanol–water partition coefficient (Wildman–Crippen LogP) is 4.04. The number of benzene rings is 1. The van der Waals surface area contributed by atoms with Gasteiger partial charge in [-0.25, -0.2) is 4.68 Å². The van der Waals surface area contributed by atoms with E-state index >= 15 is 0 Å². The minimum absolute atomic E-state index is 0.156. The van der Waals surface area contributed by atoms with Crippen molar-refractivity contribution < 1.29 is 9.53 Å². The Kier molecular flexibility index (Phi) is 4.69. The van der Waals surface area contributed by atoms with Crippen molar-refractivity contribution in [2.24, 2.45) is 0 Å². The van der Waals surface area contributed by atoms with E-state index in [0.717, 1.165) is 11.4 Å². The number of ether oxygens (including phenoxy) is 1. The molecule has 0 saturated carbocycles. The quantitative estimate of drug-likeness (QED) is 0.856. The molecule has 0 aliphatic heterocycles. The van der Waals surface area contributed by atoms with Crippen molar-refractivity contribution in [3.63, 3.8) is 0 Å². The molecule has 0 amide bonds. The fourth-order valence-electron chi connectivity index (χ4n) is 2.65. The molecular weight excluding hydrogens is 276 g/mol. The lowest BCUT2D eigenvalue weighted by molar-refractivity contribution is 0.0707. The van der Waals surface area contributed by atoms with Crippen LogP contribution in [0.1, 0.15) is 54.0 Å². The molecule has 0 fully saturated rings. The fraction of sp³-hybridized carbons (Fsp3) is 0.444. The summed E-state index contributed by atoms with van der Waals surface area (Å²) < 4.78 is 7.21. The lowest BCUT2D eigenvalue weighted by Gasteiger charge is -2.16. The third-order valence-corrected chi connectivity index (χ3v) is 3.74. The number of carbonyl (C=O) groups is 1. The third kappa shape index (κ3) is 3.38. The first-order chi connectivity index (χ1) is 10.3. The highest BCUT2D eigenvalue weighted by Gasteiger charge is 2.20. The third-order valence-electron chi connectivity index (χ3n) is 3.74. The van der Waals surface area contributed by atoms with Gasteiger partial charge in [-0.15, -0.1) is 0 Å². The Morgan fingerprint density at radius 2 is 1.82 bits per heavy atom. The van der Waals surface area contributed by atoms with E-state index in [4.69, 9.17) is 4.74 Å². The van der Waals surface area contributed by atoms with Gasteiger partial charge in [-0.05, 0) is 62.9 Å². The molecule has 4 nitrogen and oxygen atoms in total. The summed E-state index contributed by atoms with van der Waals surface area (Å²) >= 11 is 0. The van der Waals surface area contributed by atoms with E-state index in [1.165, 1.54) is 15.8 Å². The zero-order chi connectivity index (χ0) is 16.4. The molecule has 0 saturated heterocycles. The van der Waals surface area contributed by atoms with Crippen LogP contribution in [-0.4, -0.2) is 21.8 Å². The maximum absolute atomic E-state index is 12.4. The van der Waals surface area contributed by atoms with Gasteiger partial charge in [0.05, 0.1) is 5.69 Å². The first-order valence-corrected chi connectivity index (χ1v) is 7.64. The highest BCUT2D eigenvalue weighted by molar-refractivity contribution is 5.83.